The van der Waals surface area contributed by atoms with E-state index in [9.17, 15) is 9.59 Å². The molecule has 0 radical (unpaired) electrons. The largest absolute Gasteiger partial charge is 0.481 e. The number of benzene rings is 1. The topological polar surface area (TPSA) is 74.6 Å². The first-order valence-electron chi connectivity index (χ1n) is 10.0. The van der Waals surface area contributed by atoms with Gasteiger partial charge in [0.1, 0.15) is 0 Å². The third-order valence-corrected chi connectivity index (χ3v) is 4.34. The van der Waals surface area contributed by atoms with Crippen LogP contribution in [0.4, 0.5) is 0 Å². The van der Waals surface area contributed by atoms with Crippen LogP contribution in [-0.4, -0.2) is 45.2 Å². The van der Waals surface area contributed by atoms with Gasteiger partial charge in [0.25, 0.3) is 0 Å². The van der Waals surface area contributed by atoms with Crippen LogP contribution < -0.4 is 0 Å². The van der Waals surface area contributed by atoms with Gasteiger partial charge in [-0.3, -0.25) is 9.59 Å². The number of carboxylic acid groups (broad SMARTS) is 2. The Hall–Kier alpha value is -1.07. The standard InChI is InChI=1S/C16H26.C6H10O4.Mg.2H/c1-2-3-4-5-6-7-8-10-13-16-14-11-9-12-15-16;1-2-3-4(5(7)8)6(9)10;;;/h9,11-12,14-15H,2-8,10,13H2,1H3;4H,2-3H2,1H3,(H,7,8)(H,9,10);;;. The monoisotopic (exact) mass is 390 g/mol. The number of aliphatic carboxylic acids is 2. The molecule has 1 aromatic carbocycles. The SMILES string of the molecule is CCCC(C(=O)O)C(=O)O.CCCCCCCCCCc1ccccc1.[MgH2]. The van der Waals surface area contributed by atoms with Gasteiger partial charge in [-0.1, -0.05) is 95.5 Å². The first kappa shape index (κ1) is 28.1. The van der Waals surface area contributed by atoms with Crippen molar-refractivity contribution in [2.45, 2.75) is 84.5 Å². The molecule has 5 heteroatoms. The summed E-state index contributed by atoms with van der Waals surface area (Å²) in [5.74, 6) is -3.74. The Kier molecular flexibility index (Phi) is 20.5. The highest BCUT2D eigenvalue weighted by molar-refractivity contribution is 5.92. The van der Waals surface area contributed by atoms with Gasteiger partial charge in [0.2, 0.25) is 0 Å². The highest BCUT2D eigenvalue weighted by atomic mass is 24.3. The lowest BCUT2D eigenvalue weighted by molar-refractivity contribution is -0.154. The minimum absolute atomic E-state index is 0. The van der Waals surface area contributed by atoms with Crippen molar-refractivity contribution in [2.75, 3.05) is 0 Å². The number of rotatable bonds is 13. The fourth-order valence-corrected chi connectivity index (χ4v) is 2.75. The molecule has 0 spiro atoms. The lowest BCUT2D eigenvalue weighted by Gasteiger charge is -2.02. The number of hydrogen-bond acceptors (Lipinski definition) is 2. The molecule has 27 heavy (non-hydrogen) atoms. The minimum atomic E-state index is -1.26. The van der Waals surface area contributed by atoms with Crippen LogP contribution in [0.1, 0.15) is 83.6 Å². The van der Waals surface area contributed by atoms with Crippen molar-refractivity contribution >= 4 is 35.0 Å². The van der Waals surface area contributed by atoms with E-state index in [1.165, 1.54) is 63.4 Å². The van der Waals surface area contributed by atoms with Crippen LogP contribution in [-0.2, 0) is 16.0 Å². The third kappa shape index (κ3) is 16.8. The Morgan fingerprint density at radius 1 is 0.778 bits per heavy atom. The number of aryl methyl sites for hydroxylation is 1. The van der Waals surface area contributed by atoms with Crippen molar-refractivity contribution in [2.24, 2.45) is 5.92 Å². The van der Waals surface area contributed by atoms with Gasteiger partial charge in [-0.15, -0.1) is 0 Å². The van der Waals surface area contributed by atoms with Crippen molar-refractivity contribution in [1.29, 1.82) is 0 Å². The van der Waals surface area contributed by atoms with Crippen LogP contribution in [0.3, 0.4) is 0 Å². The molecule has 0 amide bonds. The number of unbranched alkanes of at least 4 members (excludes halogenated alkanes) is 7. The zero-order valence-corrected chi connectivity index (χ0v) is 16.5. The van der Waals surface area contributed by atoms with E-state index in [0.29, 0.717) is 6.42 Å². The second kappa shape index (κ2) is 19.7. The normalized spacial score (nSPS) is 9.89. The molecule has 1 rings (SSSR count). The van der Waals surface area contributed by atoms with Crippen molar-refractivity contribution in [3.8, 4) is 0 Å². The van der Waals surface area contributed by atoms with E-state index in [4.69, 9.17) is 10.2 Å². The molecule has 0 heterocycles. The van der Waals surface area contributed by atoms with Crippen molar-refractivity contribution < 1.29 is 19.8 Å². The lowest BCUT2D eigenvalue weighted by atomic mass is 10.0. The first-order valence-corrected chi connectivity index (χ1v) is 10.0. The summed E-state index contributed by atoms with van der Waals surface area (Å²) in [7, 11) is 0. The summed E-state index contributed by atoms with van der Waals surface area (Å²) < 4.78 is 0. The van der Waals surface area contributed by atoms with Gasteiger partial charge in [0, 0.05) is 0 Å². The van der Waals surface area contributed by atoms with E-state index in [1.807, 2.05) is 0 Å². The molecule has 1 aromatic rings. The summed E-state index contributed by atoms with van der Waals surface area (Å²) in [6.07, 6.45) is 13.3. The molecule has 2 N–H and O–H groups in total. The van der Waals surface area contributed by atoms with Crippen molar-refractivity contribution in [3.63, 3.8) is 0 Å². The molecular weight excluding hydrogens is 353 g/mol. The summed E-state index contributed by atoms with van der Waals surface area (Å²) in [4.78, 5) is 20.3. The molecule has 0 unspecified atom stereocenters. The van der Waals surface area contributed by atoms with Crippen LogP contribution in [0.5, 0.6) is 0 Å². The van der Waals surface area contributed by atoms with E-state index < -0.39 is 17.9 Å². The predicted octanol–water partition coefficient (Wildman–Crippen LogP) is 5.03. The lowest BCUT2D eigenvalue weighted by Crippen LogP contribution is -2.22. The molecule has 0 aliphatic heterocycles. The maximum absolute atomic E-state index is 10.2. The number of carbonyl (C=O) groups is 2. The fourth-order valence-electron chi connectivity index (χ4n) is 2.75. The average Bonchev–Trinajstić information content (AvgIpc) is 2.63. The van der Waals surface area contributed by atoms with E-state index in [0.717, 1.165) is 0 Å². The average molecular weight is 391 g/mol. The quantitative estimate of drug-likeness (QED) is 0.281. The van der Waals surface area contributed by atoms with Gasteiger partial charge in [-0.05, 0) is 24.8 Å². The van der Waals surface area contributed by atoms with Gasteiger partial charge in [0.05, 0.1) is 0 Å². The van der Waals surface area contributed by atoms with Gasteiger partial charge >= 0.3 is 35.0 Å². The molecule has 0 aliphatic carbocycles. The maximum Gasteiger partial charge on any atom is 0.317 e. The fraction of sp³-hybridized carbons (Fsp3) is 0.636. The summed E-state index contributed by atoms with van der Waals surface area (Å²) in [6, 6.07) is 10.8. The van der Waals surface area contributed by atoms with Gasteiger partial charge in [0.15, 0.2) is 5.92 Å². The molecule has 0 atom stereocenters. The second-order valence-corrected chi connectivity index (χ2v) is 6.73. The van der Waals surface area contributed by atoms with Crippen LogP contribution in [0.15, 0.2) is 30.3 Å². The zero-order chi connectivity index (χ0) is 19.6. The third-order valence-electron chi connectivity index (χ3n) is 4.34. The first-order chi connectivity index (χ1) is 12.5. The molecule has 0 fully saturated rings. The van der Waals surface area contributed by atoms with E-state index in [-0.39, 0.29) is 29.5 Å². The summed E-state index contributed by atoms with van der Waals surface area (Å²) >= 11 is 0. The van der Waals surface area contributed by atoms with Gasteiger partial charge < -0.3 is 10.2 Å². The van der Waals surface area contributed by atoms with Gasteiger partial charge in [-0.25, -0.2) is 0 Å². The maximum atomic E-state index is 10.2. The Balaban J connectivity index is 0. The van der Waals surface area contributed by atoms with E-state index >= 15 is 0 Å². The van der Waals surface area contributed by atoms with Crippen molar-refractivity contribution in [3.05, 3.63) is 35.9 Å². The second-order valence-electron chi connectivity index (χ2n) is 6.73. The van der Waals surface area contributed by atoms with Crippen LogP contribution in [0.25, 0.3) is 0 Å². The Bertz CT molecular complexity index is 462. The molecular formula is C22H38MgO4. The van der Waals surface area contributed by atoms with E-state index in [2.05, 4.69) is 37.3 Å². The summed E-state index contributed by atoms with van der Waals surface area (Å²) in [5, 5.41) is 16.6. The Morgan fingerprint density at radius 3 is 1.67 bits per heavy atom. The summed E-state index contributed by atoms with van der Waals surface area (Å²) in [6.45, 7) is 4.03. The van der Waals surface area contributed by atoms with Crippen LogP contribution in [0, 0.1) is 5.92 Å². The smallest absolute Gasteiger partial charge is 0.317 e. The molecule has 0 bridgehead atoms. The molecule has 0 saturated heterocycles. The Labute approximate surface area is 180 Å². The Morgan fingerprint density at radius 2 is 1.26 bits per heavy atom. The van der Waals surface area contributed by atoms with Gasteiger partial charge in [-0.2, -0.15) is 0 Å². The molecule has 0 aliphatic rings. The summed E-state index contributed by atoms with van der Waals surface area (Å²) in [5.41, 5.74) is 1.49. The minimum Gasteiger partial charge on any atom is -0.481 e. The molecule has 4 nitrogen and oxygen atoms in total. The number of hydrogen-bond donors (Lipinski definition) is 2. The van der Waals surface area contributed by atoms with Crippen molar-refractivity contribution in [1.82, 2.24) is 0 Å². The molecule has 152 valence electrons. The highest BCUT2D eigenvalue weighted by Crippen LogP contribution is 2.11. The molecule has 0 saturated carbocycles. The zero-order valence-electron chi connectivity index (χ0n) is 16.5. The number of carboxylic acids is 2. The predicted molar refractivity (Wildman–Crippen MR) is 115 cm³/mol. The van der Waals surface area contributed by atoms with Crippen LogP contribution >= 0.6 is 0 Å². The van der Waals surface area contributed by atoms with E-state index in [1.54, 1.807) is 6.92 Å². The molecule has 0 aromatic heterocycles. The highest BCUT2D eigenvalue weighted by Gasteiger charge is 2.23. The van der Waals surface area contributed by atoms with Crippen LogP contribution in [0.2, 0.25) is 0 Å².